The summed E-state index contributed by atoms with van der Waals surface area (Å²) in [6.45, 7) is 2.85. The Hall–Kier alpha value is -3.89. The normalized spacial score (nSPS) is 10.7. The lowest BCUT2D eigenvalue weighted by Gasteiger charge is -2.12. The first-order valence-corrected chi connectivity index (χ1v) is 12.9. The second kappa shape index (κ2) is 12.2. The Morgan fingerprint density at radius 1 is 1.00 bits per heavy atom. The molecule has 0 atom stereocenters. The number of aromatic nitrogens is 3. The molecular formula is C29H28N4O2S. The fourth-order valence-electron chi connectivity index (χ4n) is 3.91. The number of aryl methyl sites for hydroxylation is 1. The zero-order chi connectivity index (χ0) is 25.3. The number of hydrogen-bond donors (Lipinski definition) is 0. The van der Waals surface area contributed by atoms with Crippen molar-refractivity contribution in [2.45, 2.75) is 43.6 Å². The number of methoxy groups -OCH3 is 1. The molecule has 1 aromatic heterocycles. The standard InChI is InChI=1S/C29H28N4O2S/c1-3-4-9-27-31-32-29(36-20-22-12-16-24(17-13-22)28(34)35-2)33(27)19-21-10-14-23(15-11-21)26-8-6-5-7-25(26)18-30/h5-8,10-17H,3-4,9,19-20H2,1-2H3. The highest BCUT2D eigenvalue weighted by Crippen LogP contribution is 2.26. The summed E-state index contributed by atoms with van der Waals surface area (Å²) in [5.41, 5.74) is 5.42. The summed E-state index contributed by atoms with van der Waals surface area (Å²) in [5.74, 6) is 1.37. The number of rotatable bonds is 10. The van der Waals surface area contributed by atoms with Gasteiger partial charge in [-0.2, -0.15) is 5.26 Å². The number of nitriles is 1. The lowest BCUT2D eigenvalue weighted by molar-refractivity contribution is 0.0600. The van der Waals surface area contributed by atoms with Crippen LogP contribution in [0.15, 0.2) is 78.0 Å². The van der Waals surface area contributed by atoms with E-state index >= 15 is 0 Å². The van der Waals surface area contributed by atoms with Gasteiger partial charge in [-0.3, -0.25) is 0 Å². The fraction of sp³-hybridized carbons (Fsp3) is 0.241. The average Bonchev–Trinajstić information content (AvgIpc) is 3.31. The number of unbranched alkanes of at least 4 members (excludes halogenated alkanes) is 1. The van der Waals surface area contributed by atoms with E-state index in [9.17, 15) is 10.1 Å². The summed E-state index contributed by atoms with van der Waals surface area (Å²) >= 11 is 1.64. The van der Waals surface area contributed by atoms with Crippen molar-refractivity contribution >= 4 is 17.7 Å². The van der Waals surface area contributed by atoms with Crippen LogP contribution >= 0.6 is 11.8 Å². The molecule has 4 rings (SSSR count). The van der Waals surface area contributed by atoms with Crippen LogP contribution in [0.1, 0.15) is 52.6 Å². The van der Waals surface area contributed by atoms with Crippen LogP contribution in [0.25, 0.3) is 11.1 Å². The van der Waals surface area contributed by atoms with Crippen LogP contribution in [0.2, 0.25) is 0 Å². The predicted molar refractivity (Wildman–Crippen MR) is 142 cm³/mol. The Morgan fingerprint density at radius 3 is 2.42 bits per heavy atom. The Morgan fingerprint density at radius 2 is 1.72 bits per heavy atom. The van der Waals surface area contributed by atoms with E-state index in [1.165, 1.54) is 7.11 Å². The number of carbonyl (C=O) groups excluding carboxylic acids is 1. The maximum Gasteiger partial charge on any atom is 0.337 e. The molecule has 0 saturated heterocycles. The van der Waals surface area contributed by atoms with Gasteiger partial charge in [0, 0.05) is 12.2 Å². The molecule has 0 radical (unpaired) electrons. The van der Waals surface area contributed by atoms with Crippen LogP contribution in [0, 0.1) is 11.3 Å². The van der Waals surface area contributed by atoms with Crippen molar-refractivity contribution in [3.8, 4) is 17.2 Å². The third kappa shape index (κ3) is 6.02. The second-order valence-electron chi connectivity index (χ2n) is 8.42. The van der Waals surface area contributed by atoms with Crippen molar-refractivity contribution in [3.63, 3.8) is 0 Å². The van der Waals surface area contributed by atoms with Crippen molar-refractivity contribution < 1.29 is 9.53 Å². The molecular weight excluding hydrogens is 468 g/mol. The second-order valence-corrected chi connectivity index (χ2v) is 9.36. The minimum Gasteiger partial charge on any atom is -0.465 e. The summed E-state index contributed by atoms with van der Waals surface area (Å²) < 4.78 is 6.97. The van der Waals surface area contributed by atoms with Crippen molar-refractivity contribution in [1.29, 1.82) is 5.26 Å². The molecule has 0 fully saturated rings. The van der Waals surface area contributed by atoms with E-state index in [1.54, 1.807) is 23.9 Å². The predicted octanol–water partition coefficient (Wildman–Crippen LogP) is 6.29. The molecule has 36 heavy (non-hydrogen) atoms. The molecule has 0 aliphatic rings. The summed E-state index contributed by atoms with van der Waals surface area (Å²) in [5, 5.41) is 19.3. The van der Waals surface area contributed by atoms with Crippen LogP contribution in [-0.2, 0) is 23.5 Å². The van der Waals surface area contributed by atoms with Crippen LogP contribution in [0.5, 0.6) is 0 Å². The summed E-state index contributed by atoms with van der Waals surface area (Å²) in [7, 11) is 1.38. The Bertz CT molecular complexity index is 1360. The minimum atomic E-state index is -0.336. The third-order valence-corrected chi connectivity index (χ3v) is 6.98. The lowest BCUT2D eigenvalue weighted by Crippen LogP contribution is -2.07. The van der Waals surface area contributed by atoms with Gasteiger partial charge in [-0.25, -0.2) is 4.79 Å². The average molecular weight is 497 g/mol. The molecule has 0 aliphatic heterocycles. The number of nitrogens with zero attached hydrogens (tertiary/aromatic N) is 4. The van der Waals surface area contributed by atoms with Crippen molar-refractivity contribution in [1.82, 2.24) is 14.8 Å². The van der Waals surface area contributed by atoms with Crippen LogP contribution in [0.4, 0.5) is 0 Å². The first-order valence-electron chi connectivity index (χ1n) is 11.9. The van der Waals surface area contributed by atoms with Crippen molar-refractivity contribution in [2.75, 3.05) is 7.11 Å². The molecule has 182 valence electrons. The van der Waals surface area contributed by atoms with E-state index < -0.39 is 0 Å². The van der Waals surface area contributed by atoms with E-state index in [1.807, 2.05) is 36.4 Å². The Labute approximate surface area is 216 Å². The molecule has 6 nitrogen and oxygen atoms in total. The highest BCUT2D eigenvalue weighted by molar-refractivity contribution is 7.98. The van der Waals surface area contributed by atoms with Gasteiger partial charge in [0.2, 0.25) is 0 Å². The first kappa shape index (κ1) is 25.2. The number of carbonyl (C=O) groups is 1. The zero-order valence-electron chi connectivity index (χ0n) is 20.5. The molecule has 0 amide bonds. The molecule has 4 aromatic rings. The molecule has 0 spiro atoms. The van der Waals surface area contributed by atoms with Gasteiger partial charge in [0.15, 0.2) is 5.16 Å². The number of hydrogen-bond acceptors (Lipinski definition) is 6. The van der Waals surface area contributed by atoms with Gasteiger partial charge in [0.05, 0.1) is 30.9 Å². The van der Waals surface area contributed by atoms with E-state index in [4.69, 9.17) is 4.74 Å². The highest BCUT2D eigenvalue weighted by Gasteiger charge is 2.14. The lowest BCUT2D eigenvalue weighted by atomic mass is 9.99. The SMILES string of the molecule is CCCCc1nnc(SCc2ccc(C(=O)OC)cc2)n1Cc1ccc(-c2ccccc2C#N)cc1. The van der Waals surface area contributed by atoms with E-state index in [2.05, 4.69) is 52.0 Å². The van der Waals surface area contributed by atoms with Gasteiger partial charge in [-0.15, -0.1) is 10.2 Å². The molecule has 0 aliphatic carbocycles. The molecule has 7 heteroatoms. The van der Waals surface area contributed by atoms with Crippen molar-refractivity contribution in [2.24, 2.45) is 0 Å². The van der Waals surface area contributed by atoms with Gasteiger partial charge in [0.1, 0.15) is 5.82 Å². The summed E-state index contributed by atoms with van der Waals surface area (Å²) in [4.78, 5) is 11.7. The third-order valence-electron chi connectivity index (χ3n) is 5.94. The molecule has 0 saturated carbocycles. The van der Waals surface area contributed by atoms with Crippen LogP contribution in [-0.4, -0.2) is 27.8 Å². The van der Waals surface area contributed by atoms with Gasteiger partial charge < -0.3 is 9.30 Å². The van der Waals surface area contributed by atoms with Gasteiger partial charge in [-0.05, 0) is 46.9 Å². The number of ether oxygens (including phenoxy) is 1. The summed E-state index contributed by atoms with van der Waals surface area (Å²) in [6.07, 6.45) is 3.03. The zero-order valence-corrected chi connectivity index (χ0v) is 21.3. The van der Waals surface area contributed by atoms with E-state index in [0.29, 0.717) is 17.7 Å². The Kier molecular flexibility index (Phi) is 8.53. The molecule has 0 N–H and O–H groups in total. The van der Waals surface area contributed by atoms with Gasteiger partial charge >= 0.3 is 5.97 Å². The fourth-order valence-corrected chi connectivity index (χ4v) is 4.82. The number of esters is 1. The van der Waals surface area contributed by atoms with Crippen molar-refractivity contribution in [3.05, 3.63) is 101 Å². The molecule has 0 bridgehead atoms. The number of benzene rings is 3. The molecule has 0 unspecified atom stereocenters. The first-order chi connectivity index (χ1) is 17.6. The quantitative estimate of drug-likeness (QED) is 0.190. The minimum absolute atomic E-state index is 0.336. The Balaban J connectivity index is 1.52. The van der Waals surface area contributed by atoms with Gasteiger partial charge in [0.25, 0.3) is 0 Å². The smallest absolute Gasteiger partial charge is 0.337 e. The largest absolute Gasteiger partial charge is 0.465 e. The molecule has 1 heterocycles. The maximum absolute atomic E-state index is 11.7. The number of thioether (sulfide) groups is 1. The van der Waals surface area contributed by atoms with E-state index in [-0.39, 0.29) is 5.97 Å². The monoisotopic (exact) mass is 496 g/mol. The molecule has 3 aromatic carbocycles. The van der Waals surface area contributed by atoms with Gasteiger partial charge in [-0.1, -0.05) is 79.7 Å². The summed E-state index contributed by atoms with van der Waals surface area (Å²) in [6, 6.07) is 25.7. The van der Waals surface area contributed by atoms with E-state index in [0.717, 1.165) is 58.2 Å². The van der Waals surface area contributed by atoms with Crippen LogP contribution in [0.3, 0.4) is 0 Å². The topological polar surface area (TPSA) is 80.8 Å². The highest BCUT2D eigenvalue weighted by atomic mass is 32.2. The van der Waals surface area contributed by atoms with Crippen LogP contribution < -0.4 is 0 Å². The maximum atomic E-state index is 11.7.